The molecule has 1 fully saturated rings. The van der Waals surface area contributed by atoms with Crippen LogP contribution in [0.15, 0.2) is 28.7 Å². The summed E-state index contributed by atoms with van der Waals surface area (Å²) in [6.45, 7) is 3.42. The molecule has 0 bridgehead atoms. The van der Waals surface area contributed by atoms with Crippen LogP contribution in [-0.4, -0.2) is 6.54 Å². The predicted octanol–water partition coefficient (Wildman–Crippen LogP) is 4.68. The molecular formula is C15H22BrN. The van der Waals surface area contributed by atoms with Crippen molar-refractivity contribution in [3.63, 3.8) is 0 Å². The van der Waals surface area contributed by atoms with E-state index in [0.717, 1.165) is 5.92 Å². The molecule has 1 aliphatic carbocycles. The van der Waals surface area contributed by atoms with Crippen LogP contribution in [-0.2, 0) is 0 Å². The van der Waals surface area contributed by atoms with Crippen LogP contribution in [0.25, 0.3) is 0 Å². The molecule has 0 saturated heterocycles. The molecule has 0 unspecified atom stereocenters. The Hall–Kier alpha value is -0.340. The largest absolute Gasteiger partial charge is 0.310 e. The summed E-state index contributed by atoms with van der Waals surface area (Å²) in [6, 6.07) is 8.93. The van der Waals surface area contributed by atoms with Gasteiger partial charge >= 0.3 is 0 Å². The van der Waals surface area contributed by atoms with Crippen LogP contribution in [0.2, 0.25) is 0 Å². The maximum atomic E-state index is 3.68. The molecule has 0 spiro atoms. The molecule has 1 aromatic carbocycles. The van der Waals surface area contributed by atoms with Crippen molar-refractivity contribution in [3.8, 4) is 0 Å². The molecule has 0 aromatic heterocycles. The third kappa shape index (κ3) is 3.82. The van der Waals surface area contributed by atoms with E-state index in [2.05, 4.69) is 52.4 Å². The van der Waals surface area contributed by atoms with Crippen LogP contribution in [0.4, 0.5) is 0 Å². The van der Waals surface area contributed by atoms with Gasteiger partial charge in [-0.1, -0.05) is 53.4 Å². The Kier molecular flexibility index (Phi) is 5.05. The molecule has 0 aliphatic heterocycles. The van der Waals surface area contributed by atoms with Gasteiger partial charge in [-0.2, -0.15) is 0 Å². The quantitative estimate of drug-likeness (QED) is 0.850. The van der Waals surface area contributed by atoms with Crippen LogP contribution in [0.5, 0.6) is 0 Å². The summed E-state index contributed by atoms with van der Waals surface area (Å²) >= 11 is 3.62. The molecule has 1 N–H and O–H groups in total. The van der Waals surface area contributed by atoms with Gasteiger partial charge in [0.15, 0.2) is 0 Å². The number of nitrogens with one attached hydrogen (secondary N) is 1. The summed E-state index contributed by atoms with van der Waals surface area (Å²) in [5, 5.41) is 3.68. The van der Waals surface area contributed by atoms with Gasteiger partial charge in [0.1, 0.15) is 0 Å². The highest BCUT2D eigenvalue weighted by molar-refractivity contribution is 9.10. The van der Waals surface area contributed by atoms with Crippen LogP contribution in [0.1, 0.15) is 50.6 Å². The van der Waals surface area contributed by atoms with Crippen molar-refractivity contribution in [2.45, 2.75) is 45.1 Å². The molecule has 1 saturated carbocycles. The SMILES string of the molecule is C[C@@H](NCC1CCCCC1)c1ccccc1Br. The summed E-state index contributed by atoms with van der Waals surface area (Å²) in [5.74, 6) is 0.897. The lowest BCUT2D eigenvalue weighted by Gasteiger charge is -2.24. The Morgan fingerprint density at radius 1 is 1.24 bits per heavy atom. The van der Waals surface area contributed by atoms with Crippen LogP contribution < -0.4 is 5.32 Å². The van der Waals surface area contributed by atoms with Crippen molar-refractivity contribution in [2.24, 2.45) is 5.92 Å². The molecule has 2 heteroatoms. The molecule has 0 radical (unpaired) electrons. The topological polar surface area (TPSA) is 12.0 Å². The molecule has 0 amide bonds. The molecule has 1 aliphatic rings. The Bertz CT molecular complexity index is 345. The fourth-order valence-corrected chi connectivity index (χ4v) is 3.30. The molecule has 1 aromatic rings. The monoisotopic (exact) mass is 295 g/mol. The molecule has 0 heterocycles. The first kappa shape index (κ1) is 13.1. The summed E-state index contributed by atoms with van der Waals surface area (Å²) in [7, 11) is 0. The number of hydrogen-bond acceptors (Lipinski definition) is 1. The lowest BCUT2D eigenvalue weighted by molar-refractivity contribution is 0.331. The van der Waals surface area contributed by atoms with Crippen molar-refractivity contribution in [1.29, 1.82) is 0 Å². The van der Waals surface area contributed by atoms with Crippen LogP contribution in [0.3, 0.4) is 0 Å². The zero-order valence-corrected chi connectivity index (χ0v) is 12.2. The zero-order chi connectivity index (χ0) is 12.1. The maximum absolute atomic E-state index is 3.68. The van der Waals surface area contributed by atoms with Crippen molar-refractivity contribution in [2.75, 3.05) is 6.54 Å². The Morgan fingerprint density at radius 3 is 2.65 bits per heavy atom. The van der Waals surface area contributed by atoms with Crippen molar-refractivity contribution < 1.29 is 0 Å². The van der Waals surface area contributed by atoms with Crippen molar-refractivity contribution in [3.05, 3.63) is 34.3 Å². The van der Waals surface area contributed by atoms with Gasteiger partial charge in [0.05, 0.1) is 0 Å². The lowest BCUT2D eigenvalue weighted by Crippen LogP contribution is -2.27. The summed E-state index contributed by atoms with van der Waals surface area (Å²) in [5.41, 5.74) is 1.36. The maximum Gasteiger partial charge on any atom is 0.0303 e. The van der Waals surface area contributed by atoms with E-state index in [-0.39, 0.29) is 0 Å². The first-order valence-electron chi connectivity index (χ1n) is 6.75. The molecular weight excluding hydrogens is 274 g/mol. The van der Waals surface area contributed by atoms with Gasteiger partial charge in [0, 0.05) is 10.5 Å². The second kappa shape index (κ2) is 6.55. The summed E-state index contributed by atoms with van der Waals surface area (Å²) in [4.78, 5) is 0. The Morgan fingerprint density at radius 2 is 1.94 bits per heavy atom. The summed E-state index contributed by atoms with van der Waals surface area (Å²) in [6.07, 6.45) is 7.12. The molecule has 1 atom stereocenters. The van der Waals surface area contributed by atoms with E-state index in [1.165, 1.54) is 48.7 Å². The molecule has 1 nitrogen and oxygen atoms in total. The van der Waals surface area contributed by atoms with Crippen molar-refractivity contribution in [1.82, 2.24) is 5.32 Å². The van der Waals surface area contributed by atoms with Gasteiger partial charge in [-0.3, -0.25) is 0 Å². The smallest absolute Gasteiger partial charge is 0.0303 e. The fraction of sp³-hybridized carbons (Fsp3) is 0.600. The van der Waals surface area contributed by atoms with Gasteiger partial charge in [0.2, 0.25) is 0 Å². The first-order valence-corrected chi connectivity index (χ1v) is 7.54. The predicted molar refractivity (Wildman–Crippen MR) is 77.1 cm³/mol. The molecule has 2 rings (SSSR count). The van der Waals surface area contributed by atoms with Gasteiger partial charge in [-0.25, -0.2) is 0 Å². The highest BCUT2D eigenvalue weighted by Crippen LogP contribution is 2.25. The minimum atomic E-state index is 0.438. The minimum Gasteiger partial charge on any atom is -0.310 e. The van der Waals surface area contributed by atoms with E-state index in [0.29, 0.717) is 6.04 Å². The lowest BCUT2D eigenvalue weighted by atomic mass is 9.89. The normalized spacial score (nSPS) is 19.2. The number of benzene rings is 1. The standard InChI is InChI=1S/C15H22BrN/c1-12(14-9-5-6-10-15(14)16)17-11-13-7-3-2-4-8-13/h5-6,9-10,12-13,17H,2-4,7-8,11H2,1H3/t12-/m1/s1. The first-order chi connectivity index (χ1) is 8.27. The van der Waals surface area contributed by atoms with E-state index in [4.69, 9.17) is 0 Å². The number of halogens is 1. The van der Waals surface area contributed by atoms with E-state index in [9.17, 15) is 0 Å². The molecule has 94 valence electrons. The second-order valence-electron chi connectivity index (χ2n) is 5.16. The van der Waals surface area contributed by atoms with Gasteiger partial charge < -0.3 is 5.32 Å². The zero-order valence-electron chi connectivity index (χ0n) is 10.6. The fourth-order valence-electron chi connectivity index (χ4n) is 2.67. The molecule has 17 heavy (non-hydrogen) atoms. The van der Waals surface area contributed by atoms with Crippen LogP contribution in [0, 0.1) is 5.92 Å². The average molecular weight is 296 g/mol. The third-order valence-corrected chi connectivity index (χ3v) is 4.53. The minimum absolute atomic E-state index is 0.438. The number of hydrogen-bond donors (Lipinski definition) is 1. The Labute approximate surface area is 113 Å². The number of rotatable bonds is 4. The van der Waals surface area contributed by atoms with E-state index in [1.54, 1.807) is 0 Å². The third-order valence-electron chi connectivity index (χ3n) is 3.81. The van der Waals surface area contributed by atoms with E-state index < -0.39 is 0 Å². The Balaban J connectivity index is 1.84. The highest BCUT2D eigenvalue weighted by atomic mass is 79.9. The van der Waals surface area contributed by atoms with Gasteiger partial charge in [0.25, 0.3) is 0 Å². The highest BCUT2D eigenvalue weighted by Gasteiger charge is 2.15. The summed E-state index contributed by atoms with van der Waals surface area (Å²) < 4.78 is 1.21. The van der Waals surface area contributed by atoms with Gasteiger partial charge in [-0.15, -0.1) is 0 Å². The van der Waals surface area contributed by atoms with E-state index in [1.807, 2.05) is 0 Å². The second-order valence-corrected chi connectivity index (χ2v) is 6.01. The average Bonchev–Trinajstić information content (AvgIpc) is 2.38. The van der Waals surface area contributed by atoms with Crippen LogP contribution >= 0.6 is 15.9 Å². The van der Waals surface area contributed by atoms with Crippen molar-refractivity contribution >= 4 is 15.9 Å². The van der Waals surface area contributed by atoms with Gasteiger partial charge in [-0.05, 0) is 43.9 Å². The van der Waals surface area contributed by atoms with E-state index >= 15 is 0 Å².